The van der Waals surface area contributed by atoms with Crippen LogP contribution in [0, 0.1) is 0 Å². The van der Waals surface area contributed by atoms with Gasteiger partial charge in [0.2, 0.25) is 0 Å². The highest BCUT2D eigenvalue weighted by Crippen LogP contribution is 2.26. The molecule has 6 heteroatoms. The Morgan fingerprint density at radius 1 is 1.06 bits per heavy atom. The molecule has 0 atom stereocenters. The topological polar surface area (TPSA) is 56.5 Å². The molecule has 0 spiro atoms. The number of nitrogens with zero attached hydrogens (tertiary/aromatic N) is 5. The number of aromatic nitrogens is 5. The highest BCUT2D eigenvalue weighted by Gasteiger charge is 2.12. The van der Waals surface area contributed by atoms with Crippen LogP contribution in [0.15, 0.2) is 53.7 Å². The molecule has 3 rings (SSSR count). The Morgan fingerprint density at radius 3 is 2.67 bits per heavy atom. The first-order valence-electron chi connectivity index (χ1n) is 5.28. The minimum Gasteiger partial charge on any atom is -0.244 e. The predicted molar refractivity (Wildman–Crippen MR) is 70.1 cm³/mol. The molecular weight excluding hydrogens is 294 g/mol. The van der Waals surface area contributed by atoms with Gasteiger partial charge in [0.1, 0.15) is 10.9 Å². The first-order valence-corrected chi connectivity index (χ1v) is 6.07. The van der Waals surface area contributed by atoms with Gasteiger partial charge in [-0.2, -0.15) is 0 Å². The molecule has 0 unspecified atom stereocenters. The van der Waals surface area contributed by atoms with Crippen molar-refractivity contribution >= 4 is 15.9 Å². The first-order chi connectivity index (χ1) is 8.86. The minimum absolute atomic E-state index is 0.719. The van der Waals surface area contributed by atoms with E-state index in [2.05, 4.69) is 36.2 Å². The summed E-state index contributed by atoms with van der Waals surface area (Å²) in [6, 6.07) is 9.81. The average Bonchev–Trinajstić information content (AvgIpc) is 2.89. The molecule has 5 nitrogen and oxygen atoms in total. The van der Waals surface area contributed by atoms with Crippen molar-refractivity contribution in [2.75, 3.05) is 0 Å². The van der Waals surface area contributed by atoms with Crippen molar-refractivity contribution in [2.24, 2.45) is 0 Å². The lowest BCUT2D eigenvalue weighted by atomic mass is 10.2. The maximum Gasteiger partial charge on any atom is 0.118 e. The molecule has 0 aliphatic carbocycles. The zero-order valence-corrected chi connectivity index (χ0v) is 10.8. The quantitative estimate of drug-likeness (QED) is 0.682. The molecule has 18 heavy (non-hydrogen) atoms. The van der Waals surface area contributed by atoms with Gasteiger partial charge >= 0.3 is 0 Å². The van der Waals surface area contributed by atoms with E-state index in [-0.39, 0.29) is 0 Å². The second-order valence-corrected chi connectivity index (χ2v) is 4.34. The van der Waals surface area contributed by atoms with Gasteiger partial charge in [0.15, 0.2) is 0 Å². The first kappa shape index (κ1) is 11.0. The van der Waals surface area contributed by atoms with Crippen LogP contribution in [-0.4, -0.2) is 25.0 Å². The third-order valence-corrected chi connectivity index (χ3v) is 3.12. The Morgan fingerprint density at radius 2 is 1.89 bits per heavy atom. The molecule has 0 fully saturated rings. The van der Waals surface area contributed by atoms with Crippen molar-refractivity contribution in [1.29, 1.82) is 0 Å². The van der Waals surface area contributed by atoms with Crippen molar-refractivity contribution in [1.82, 2.24) is 25.0 Å². The summed E-state index contributed by atoms with van der Waals surface area (Å²) in [7, 11) is 0. The molecule has 0 aliphatic rings. The normalized spacial score (nSPS) is 10.5. The standard InChI is InChI=1S/C12H8BrN5/c13-12-10(6-14-8-15-12)11-7-16-17-18(11)9-4-2-1-3-5-9/h1-8H. The number of halogens is 1. The fourth-order valence-corrected chi connectivity index (χ4v) is 2.06. The van der Waals surface area contributed by atoms with Crippen LogP contribution in [0.2, 0.25) is 0 Å². The second kappa shape index (κ2) is 4.66. The third-order valence-electron chi connectivity index (χ3n) is 2.49. The third kappa shape index (κ3) is 1.91. The van der Waals surface area contributed by atoms with Crippen LogP contribution in [0.4, 0.5) is 0 Å². The maximum atomic E-state index is 4.11. The van der Waals surface area contributed by atoms with Crippen LogP contribution in [-0.2, 0) is 0 Å². The lowest BCUT2D eigenvalue weighted by Gasteiger charge is -2.06. The molecule has 88 valence electrons. The van der Waals surface area contributed by atoms with E-state index >= 15 is 0 Å². The SMILES string of the molecule is Brc1ncncc1-c1cnnn1-c1ccccc1. The lowest BCUT2D eigenvalue weighted by Crippen LogP contribution is -2.00. The summed E-state index contributed by atoms with van der Waals surface area (Å²) in [5.41, 5.74) is 2.64. The Labute approximate surface area is 112 Å². The Bertz CT molecular complexity index is 665. The Hall–Kier alpha value is -2.08. The van der Waals surface area contributed by atoms with E-state index in [0.717, 1.165) is 21.5 Å². The van der Waals surface area contributed by atoms with E-state index in [1.54, 1.807) is 17.1 Å². The van der Waals surface area contributed by atoms with Crippen molar-refractivity contribution < 1.29 is 0 Å². The van der Waals surface area contributed by atoms with Gasteiger partial charge in [-0.15, -0.1) is 5.10 Å². The van der Waals surface area contributed by atoms with Gasteiger partial charge < -0.3 is 0 Å². The molecule has 1 aromatic carbocycles. The average molecular weight is 302 g/mol. The second-order valence-electron chi connectivity index (χ2n) is 3.59. The minimum atomic E-state index is 0.719. The van der Waals surface area contributed by atoms with Crippen molar-refractivity contribution in [3.05, 3.63) is 53.7 Å². The number of benzene rings is 1. The molecule has 2 heterocycles. The number of rotatable bonds is 2. The van der Waals surface area contributed by atoms with Crippen molar-refractivity contribution in [3.8, 4) is 16.9 Å². The van der Waals surface area contributed by atoms with Crippen LogP contribution in [0.1, 0.15) is 0 Å². The fraction of sp³-hybridized carbons (Fsp3) is 0. The zero-order valence-electron chi connectivity index (χ0n) is 9.23. The van der Waals surface area contributed by atoms with Crippen LogP contribution < -0.4 is 0 Å². The van der Waals surface area contributed by atoms with Gasteiger partial charge in [0.05, 0.1) is 23.1 Å². The molecule has 0 saturated heterocycles. The monoisotopic (exact) mass is 301 g/mol. The predicted octanol–water partition coefficient (Wildman–Crippen LogP) is 2.49. The highest BCUT2D eigenvalue weighted by molar-refractivity contribution is 9.10. The van der Waals surface area contributed by atoms with E-state index in [4.69, 9.17) is 0 Å². The Kier molecular flexibility index (Phi) is 2.85. The summed E-state index contributed by atoms with van der Waals surface area (Å²) in [5, 5.41) is 8.05. The molecule has 0 N–H and O–H groups in total. The maximum absolute atomic E-state index is 4.11. The molecule has 3 aromatic rings. The summed E-state index contributed by atoms with van der Waals surface area (Å²) in [6.45, 7) is 0. The zero-order chi connectivity index (χ0) is 12.4. The van der Waals surface area contributed by atoms with Gasteiger partial charge in [-0.1, -0.05) is 23.4 Å². The van der Waals surface area contributed by atoms with E-state index < -0.39 is 0 Å². The van der Waals surface area contributed by atoms with Crippen molar-refractivity contribution in [3.63, 3.8) is 0 Å². The van der Waals surface area contributed by atoms with Crippen LogP contribution >= 0.6 is 15.9 Å². The van der Waals surface area contributed by atoms with E-state index in [0.29, 0.717) is 0 Å². The van der Waals surface area contributed by atoms with E-state index in [1.165, 1.54) is 6.33 Å². The molecule has 0 radical (unpaired) electrons. The number of hydrogen-bond donors (Lipinski definition) is 0. The highest BCUT2D eigenvalue weighted by atomic mass is 79.9. The number of hydrogen-bond acceptors (Lipinski definition) is 4. The largest absolute Gasteiger partial charge is 0.244 e. The summed E-state index contributed by atoms with van der Waals surface area (Å²) in [6.07, 6.45) is 4.91. The van der Waals surface area contributed by atoms with Crippen LogP contribution in [0.3, 0.4) is 0 Å². The molecule has 0 aliphatic heterocycles. The van der Waals surface area contributed by atoms with Crippen LogP contribution in [0.5, 0.6) is 0 Å². The van der Waals surface area contributed by atoms with Gasteiger partial charge in [0.25, 0.3) is 0 Å². The lowest BCUT2D eigenvalue weighted by molar-refractivity contribution is 0.807. The molecule has 2 aromatic heterocycles. The fourth-order valence-electron chi connectivity index (χ4n) is 1.67. The summed E-state index contributed by atoms with van der Waals surface area (Å²) < 4.78 is 2.47. The molecule has 0 amide bonds. The summed E-state index contributed by atoms with van der Waals surface area (Å²) in [4.78, 5) is 8.13. The summed E-state index contributed by atoms with van der Waals surface area (Å²) in [5.74, 6) is 0. The van der Waals surface area contributed by atoms with Crippen LogP contribution in [0.25, 0.3) is 16.9 Å². The number of para-hydroxylation sites is 1. The van der Waals surface area contributed by atoms with Gasteiger partial charge in [0, 0.05) is 6.20 Å². The smallest absolute Gasteiger partial charge is 0.118 e. The van der Waals surface area contributed by atoms with E-state index in [9.17, 15) is 0 Å². The molecule has 0 bridgehead atoms. The van der Waals surface area contributed by atoms with Gasteiger partial charge in [-0.05, 0) is 28.1 Å². The summed E-state index contributed by atoms with van der Waals surface area (Å²) >= 11 is 3.40. The van der Waals surface area contributed by atoms with E-state index in [1.807, 2.05) is 30.3 Å². The van der Waals surface area contributed by atoms with Gasteiger partial charge in [-0.3, -0.25) is 0 Å². The van der Waals surface area contributed by atoms with Crippen molar-refractivity contribution in [2.45, 2.75) is 0 Å². The molecule has 0 saturated carbocycles. The molecular formula is C12H8BrN5. The Balaban J connectivity index is 2.16. The van der Waals surface area contributed by atoms with Gasteiger partial charge in [-0.25, -0.2) is 14.6 Å².